The molecule has 0 amide bonds. The number of fused-ring (bicyclic) bond motifs is 1. The summed E-state index contributed by atoms with van der Waals surface area (Å²) in [6, 6.07) is 15.8. The van der Waals surface area contributed by atoms with E-state index >= 15 is 0 Å². The van der Waals surface area contributed by atoms with Gasteiger partial charge in [-0.05, 0) is 16.6 Å². The van der Waals surface area contributed by atoms with Crippen LogP contribution in [-0.4, -0.2) is 45.4 Å². The Labute approximate surface area is 145 Å². The lowest BCUT2D eigenvalue weighted by Gasteiger charge is -2.34. The molecule has 7 heteroatoms. The van der Waals surface area contributed by atoms with Crippen molar-refractivity contribution in [3.05, 3.63) is 70.4 Å². The fourth-order valence-electron chi connectivity index (χ4n) is 3.31. The molecule has 7 nitrogen and oxygen atoms in total. The highest BCUT2D eigenvalue weighted by Crippen LogP contribution is 2.29. The van der Waals surface area contributed by atoms with Crippen LogP contribution in [0.25, 0.3) is 5.65 Å². The van der Waals surface area contributed by atoms with Gasteiger partial charge < -0.3 is 15.0 Å². The lowest BCUT2D eigenvalue weighted by atomic mass is 10.2. The van der Waals surface area contributed by atoms with E-state index in [0.29, 0.717) is 11.5 Å². The summed E-state index contributed by atoms with van der Waals surface area (Å²) < 4.78 is 1.55. The fourth-order valence-corrected chi connectivity index (χ4v) is 3.31. The average molecular weight is 337 g/mol. The molecule has 1 aliphatic rings. The molecule has 0 atom stereocenters. The molecule has 0 aliphatic carbocycles. The highest BCUT2D eigenvalue weighted by molar-refractivity contribution is 5.63. The maximum Gasteiger partial charge on any atom is 0.372 e. The second-order valence-electron chi connectivity index (χ2n) is 6.19. The number of aromatic nitrogens is 2. The third kappa shape index (κ3) is 3.06. The average Bonchev–Trinajstić information content (AvgIpc) is 3.03. The zero-order chi connectivity index (χ0) is 17.2. The number of nitro groups is 1. The first-order valence-corrected chi connectivity index (χ1v) is 8.35. The number of piperazine rings is 1. The highest BCUT2D eigenvalue weighted by Gasteiger charge is 2.29. The minimum atomic E-state index is -0.342. The monoisotopic (exact) mass is 337 g/mol. The molecule has 1 saturated heterocycles. The Morgan fingerprint density at radius 3 is 2.44 bits per heavy atom. The minimum Gasteiger partial charge on any atom is -0.358 e. The van der Waals surface area contributed by atoms with E-state index in [2.05, 4.69) is 22.0 Å². The van der Waals surface area contributed by atoms with Gasteiger partial charge in [0.2, 0.25) is 11.5 Å². The Balaban J connectivity index is 1.52. The summed E-state index contributed by atoms with van der Waals surface area (Å²) in [4.78, 5) is 20.1. The Morgan fingerprint density at radius 1 is 1.00 bits per heavy atom. The Bertz CT molecular complexity index is 885. The molecule has 0 unspecified atom stereocenters. The van der Waals surface area contributed by atoms with Crippen molar-refractivity contribution in [3.8, 4) is 0 Å². The van der Waals surface area contributed by atoms with Crippen LogP contribution in [0.15, 0.2) is 54.7 Å². The molecule has 0 bridgehead atoms. The third-order valence-electron chi connectivity index (χ3n) is 4.58. The van der Waals surface area contributed by atoms with Gasteiger partial charge in [-0.1, -0.05) is 36.4 Å². The second kappa shape index (κ2) is 6.52. The number of imidazole rings is 1. The molecule has 128 valence electrons. The van der Waals surface area contributed by atoms with Gasteiger partial charge >= 0.3 is 5.82 Å². The third-order valence-corrected chi connectivity index (χ3v) is 4.58. The van der Waals surface area contributed by atoms with E-state index in [-0.39, 0.29) is 10.7 Å². The highest BCUT2D eigenvalue weighted by atomic mass is 16.6. The van der Waals surface area contributed by atoms with E-state index in [9.17, 15) is 10.1 Å². The minimum absolute atomic E-state index is 0.0482. The number of anilines is 1. The van der Waals surface area contributed by atoms with Crippen LogP contribution < -0.4 is 4.90 Å². The molecule has 3 aromatic rings. The summed E-state index contributed by atoms with van der Waals surface area (Å²) >= 11 is 0. The maximum absolute atomic E-state index is 11.6. The molecule has 0 radical (unpaired) electrons. The molecular weight excluding hydrogens is 318 g/mol. The predicted molar refractivity (Wildman–Crippen MR) is 95.8 cm³/mol. The first-order valence-electron chi connectivity index (χ1n) is 8.35. The smallest absolute Gasteiger partial charge is 0.358 e. The fraction of sp³-hybridized carbons (Fsp3) is 0.278. The van der Waals surface area contributed by atoms with E-state index in [1.807, 2.05) is 29.2 Å². The van der Waals surface area contributed by atoms with Crippen LogP contribution >= 0.6 is 0 Å². The zero-order valence-electron chi connectivity index (χ0n) is 13.8. The van der Waals surface area contributed by atoms with Crippen LogP contribution in [0.5, 0.6) is 0 Å². The summed E-state index contributed by atoms with van der Waals surface area (Å²) in [5, 5.41) is 11.6. The topological polar surface area (TPSA) is 66.9 Å². The van der Waals surface area contributed by atoms with Crippen molar-refractivity contribution < 1.29 is 4.92 Å². The van der Waals surface area contributed by atoms with Crippen LogP contribution in [0, 0.1) is 10.1 Å². The molecule has 1 fully saturated rings. The molecule has 2 aromatic heterocycles. The van der Waals surface area contributed by atoms with Gasteiger partial charge in [-0.15, -0.1) is 0 Å². The number of pyridine rings is 1. The van der Waals surface area contributed by atoms with Gasteiger partial charge in [0.05, 0.1) is 6.20 Å². The van der Waals surface area contributed by atoms with Gasteiger partial charge in [0.15, 0.2) is 0 Å². The molecule has 25 heavy (non-hydrogen) atoms. The lowest BCUT2D eigenvalue weighted by Crippen LogP contribution is -2.46. The standard InChI is InChI=1S/C18H19N5O2/c24-23(25)18-17(19-16-8-4-5-9-22(16)18)21-12-10-20(11-13-21)14-15-6-2-1-3-7-15/h1-9H,10-14H2. The Kier molecular flexibility index (Phi) is 4.07. The number of hydrogen-bond donors (Lipinski definition) is 0. The van der Waals surface area contributed by atoms with Gasteiger partial charge in [0.25, 0.3) is 0 Å². The Morgan fingerprint density at radius 2 is 1.72 bits per heavy atom. The van der Waals surface area contributed by atoms with E-state index in [1.165, 1.54) is 5.56 Å². The van der Waals surface area contributed by atoms with Crippen LogP contribution in [0.1, 0.15) is 5.56 Å². The summed E-state index contributed by atoms with van der Waals surface area (Å²) in [6.45, 7) is 4.09. The van der Waals surface area contributed by atoms with E-state index in [4.69, 9.17) is 0 Å². The Hall–Kier alpha value is -2.93. The van der Waals surface area contributed by atoms with E-state index in [1.54, 1.807) is 22.7 Å². The number of rotatable bonds is 4. The maximum atomic E-state index is 11.6. The molecule has 3 heterocycles. The van der Waals surface area contributed by atoms with E-state index < -0.39 is 0 Å². The van der Waals surface area contributed by atoms with Crippen molar-refractivity contribution in [2.75, 3.05) is 31.1 Å². The van der Waals surface area contributed by atoms with Gasteiger partial charge in [-0.25, -0.2) is 0 Å². The molecule has 1 aliphatic heterocycles. The molecule has 0 N–H and O–H groups in total. The van der Waals surface area contributed by atoms with Gasteiger partial charge in [0, 0.05) is 38.8 Å². The quantitative estimate of drug-likeness (QED) is 0.541. The summed E-state index contributed by atoms with van der Waals surface area (Å²) in [6.07, 6.45) is 1.69. The van der Waals surface area contributed by atoms with Crippen molar-refractivity contribution in [3.63, 3.8) is 0 Å². The van der Waals surface area contributed by atoms with Gasteiger partial charge in [-0.2, -0.15) is 9.38 Å². The normalized spacial score (nSPS) is 15.6. The van der Waals surface area contributed by atoms with Crippen LogP contribution in [0.4, 0.5) is 11.6 Å². The first-order chi connectivity index (χ1) is 12.2. The largest absolute Gasteiger partial charge is 0.372 e. The summed E-state index contributed by atoms with van der Waals surface area (Å²) in [5.74, 6) is 0.516. The number of hydrogen-bond acceptors (Lipinski definition) is 5. The molecule has 0 saturated carbocycles. The van der Waals surface area contributed by atoms with Crippen molar-refractivity contribution in [2.45, 2.75) is 6.54 Å². The molecule has 0 spiro atoms. The molecule has 1 aromatic carbocycles. The number of nitrogens with zero attached hydrogens (tertiary/aromatic N) is 5. The van der Waals surface area contributed by atoms with Crippen molar-refractivity contribution in [1.29, 1.82) is 0 Å². The molecular formula is C18H19N5O2. The second-order valence-corrected chi connectivity index (χ2v) is 6.19. The summed E-state index contributed by atoms with van der Waals surface area (Å²) in [5.41, 5.74) is 1.89. The number of benzene rings is 1. The van der Waals surface area contributed by atoms with E-state index in [0.717, 1.165) is 32.7 Å². The van der Waals surface area contributed by atoms with Crippen molar-refractivity contribution in [2.24, 2.45) is 0 Å². The lowest BCUT2D eigenvalue weighted by molar-refractivity contribution is -0.389. The van der Waals surface area contributed by atoms with Crippen LogP contribution in [0.2, 0.25) is 0 Å². The van der Waals surface area contributed by atoms with Crippen molar-refractivity contribution >= 4 is 17.3 Å². The van der Waals surface area contributed by atoms with Crippen LogP contribution in [0.3, 0.4) is 0 Å². The van der Waals surface area contributed by atoms with Crippen LogP contribution in [-0.2, 0) is 6.54 Å². The predicted octanol–water partition coefficient (Wildman–Crippen LogP) is 2.56. The van der Waals surface area contributed by atoms with Gasteiger partial charge in [-0.3, -0.25) is 4.90 Å². The zero-order valence-corrected chi connectivity index (χ0v) is 13.8. The molecule has 4 rings (SSSR count). The van der Waals surface area contributed by atoms with Gasteiger partial charge in [0.1, 0.15) is 0 Å². The van der Waals surface area contributed by atoms with Crippen molar-refractivity contribution in [1.82, 2.24) is 14.3 Å². The first kappa shape index (κ1) is 15.6. The SMILES string of the molecule is O=[N+]([O-])c1c(N2CCN(Cc3ccccc3)CC2)nc2ccccn12. The summed E-state index contributed by atoms with van der Waals surface area (Å²) in [7, 11) is 0.